The summed E-state index contributed by atoms with van der Waals surface area (Å²) < 4.78 is 13.0. The molecule has 2 aromatic carbocycles. The Morgan fingerprint density at radius 3 is 2.27 bits per heavy atom. The fraction of sp³-hybridized carbons (Fsp3) is 0.348. The summed E-state index contributed by atoms with van der Waals surface area (Å²) in [6.07, 6.45) is 4.36. The fourth-order valence-corrected chi connectivity index (χ4v) is 4.15. The molecule has 0 saturated heterocycles. The first-order valence-corrected chi connectivity index (χ1v) is 8.92. The highest BCUT2D eigenvalue weighted by atomic mass is 16.5. The molecular weight excluding hydrogens is 322 g/mol. The van der Waals surface area contributed by atoms with E-state index < -0.39 is 0 Å². The van der Waals surface area contributed by atoms with Crippen LogP contribution < -0.4 is 9.47 Å². The molecule has 0 bridgehead atoms. The molecule has 0 radical (unpaired) electrons. The van der Waals surface area contributed by atoms with Crippen molar-refractivity contribution >= 4 is 17.5 Å². The van der Waals surface area contributed by atoms with Crippen molar-refractivity contribution in [3.05, 3.63) is 58.7 Å². The number of benzene rings is 2. The van der Waals surface area contributed by atoms with Crippen LogP contribution in [-0.4, -0.2) is 31.6 Å². The SMILES string of the molecule is COc1ccc(C=CC2=[N+](C)c3cc(C)cc(C)c3C2(C)C)cc1OC. The molecule has 0 unspecified atom stereocenters. The lowest BCUT2D eigenvalue weighted by molar-refractivity contribution is -0.401. The molecule has 3 heteroatoms. The molecule has 1 heterocycles. The Hall–Kier alpha value is -2.55. The van der Waals surface area contributed by atoms with Gasteiger partial charge in [0.25, 0.3) is 0 Å². The van der Waals surface area contributed by atoms with E-state index in [-0.39, 0.29) is 5.41 Å². The quantitative estimate of drug-likeness (QED) is 0.721. The van der Waals surface area contributed by atoms with E-state index in [1.165, 1.54) is 28.1 Å². The third kappa shape index (κ3) is 2.92. The molecule has 3 rings (SSSR count). The average molecular weight is 350 g/mol. The van der Waals surface area contributed by atoms with Crippen molar-refractivity contribution in [2.75, 3.05) is 21.3 Å². The predicted molar refractivity (Wildman–Crippen MR) is 108 cm³/mol. The molecule has 0 aromatic heterocycles. The van der Waals surface area contributed by atoms with Crippen LogP contribution in [0.1, 0.15) is 36.1 Å². The van der Waals surface area contributed by atoms with E-state index in [2.05, 4.69) is 63.6 Å². The topological polar surface area (TPSA) is 21.5 Å². The minimum Gasteiger partial charge on any atom is -0.493 e. The fourth-order valence-electron chi connectivity index (χ4n) is 4.15. The van der Waals surface area contributed by atoms with E-state index in [1.807, 2.05) is 18.2 Å². The monoisotopic (exact) mass is 350 g/mol. The van der Waals surface area contributed by atoms with E-state index in [9.17, 15) is 0 Å². The second kappa shape index (κ2) is 6.64. The number of hydrogen-bond acceptors (Lipinski definition) is 2. The van der Waals surface area contributed by atoms with Gasteiger partial charge in [-0.25, -0.2) is 0 Å². The van der Waals surface area contributed by atoms with Crippen LogP contribution in [0.15, 0.2) is 36.4 Å². The minimum absolute atomic E-state index is 0.0328. The maximum Gasteiger partial charge on any atom is 0.210 e. The van der Waals surface area contributed by atoms with Gasteiger partial charge in [0.05, 0.1) is 19.6 Å². The lowest BCUT2D eigenvalue weighted by atomic mass is 9.79. The third-order valence-electron chi connectivity index (χ3n) is 5.29. The molecule has 26 heavy (non-hydrogen) atoms. The highest BCUT2D eigenvalue weighted by Crippen LogP contribution is 2.42. The van der Waals surface area contributed by atoms with Crippen LogP contribution in [0.3, 0.4) is 0 Å². The molecular formula is C23H28NO2+. The van der Waals surface area contributed by atoms with Gasteiger partial charge in [0.2, 0.25) is 5.69 Å². The maximum absolute atomic E-state index is 5.41. The van der Waals surface area contributed by atoms with Gasteiger partial charge in [-0.05, 0) is 62.6 Å². The number of ether oxygens (including phenoxy) is 2. The summed E-state index contributed by atoms with van der Waals surface area (Å²) in [5, 5.41) is 0. The molecule has 0 spiro atoms. The van der Waals surface area contributed by atoms with Gasteiger partial charge in [-0.3, -0.25) is 0 Å². The number of fused-ring (bicyclic) bond motifs is 1. The standard InChI is InChI=1S/C23H28NO2/c1-15-12-16(2)22-18(13-15)24(5)21(23(22,3)4)11-9-17-8-10-19(25-6)20(14-17)26-7/h8-14H,1-7H3/q+1. The summed E-state index contributed by atoms with van der Waals surface area (Å²) in [5.74, 6) is 1.49. The van der Waals surface area contributed by atoms with Crippen molar-refractivity contribution in [2.24, 2.45) is 0 Å². The predicted octanol–water partition coefficient (Wildman–Crippen LogP) is 5.04. The Labute approximate surface area is 156 Å². The molecule has 0 fully saturated rings. The van der Waals surface area contributed by atoms with Crippen molar-refractivity contribution in [2.45, 2.75) is 33.1 Å². The molecule has 0 N–H and O–H groups in total. The second-order valence-corrected chi connectivity index (χ2v) is 7.49. The molecule has 0 atom stereocenters. The van der Waals surface area contributed by atoms with Crippen LogP contribution in [-0.2, 0) is 5.41 Å². The first-order valence-electron chi connectivity index (χ1n) is 8.92. The van der Waals surface area contributed by atoms with E-state index in [0.29, 0.717) is 0 Å². The van der Waals surface area contributed by atoms with Crippen LogP contribution in [0, 0.1) is 13.8 Å². The Balaban J connectivity index is 2.02. The zero-order valence-electron chi connectivity index (χ0n) is 16.8. The van der Waals surface area contributed by atoms with Crippen LogP contribution in [0.5, 0.6) is 11.5 Å². The number of rotatable bonds is 4. The number of methoxy groups -OCH3 is 2. The van der Waals surface area contributed by atoms with Gasteiger partial charge in [-0.15, -0.1) is 0 Å². The first kappa shape index (κ1) is 18.2. The number of aryl methyl sites for hydroxylation is 2. The molecule has 136 valence electrons. The zero-order valence-corrected chi connectivity index (χ0v) is 16.8. The summed E-state index contributed by atoms with van der Waals surface area (Å²) in [6.45, 7) is 8.96. The largest absolute Gasteiger partial charge is 0.493 e. The number of allylic oxidation sites excluding steroid dienone is 1. The first-order chi connectivity index (χ1) is 12.3. The molecule has 1 aliphatic rings. The summed E-state index contributed by atoms with van der Waals surface area (Å²) in [7, 11) is 5.47. The third-order valence-corrected chi connectivity index (χ3v) is 5.29. The number of nitrogens with zero attached hydrogens (tertiary/aromatic N) is 1. The van der Waals surface area contributed by atoms with Gasteiger partial charge in [-0.1, -0.05) is 12.1 Å². The van der Waals surface area contributed by atoms with Crippen LogP contribution in [0.4, 0.5) is 5.69 Å². The maximum atomic E-state index is 5.41. The summed E-state index contributed by atoms with van der Waals surface area (Å²) >= 11 is 0. The smallest absolute Gasteiger partial charge is 0.210 e. The van der Waals surface area contributed by atoms with Crippen LogP contribution >= 0.6 is 0 Å². The van der Waals surface area contributed by atoms with E-state index in [0.717, 1.165) is 17.1 Å². The second-order valence-electron chi connectivity index (χ2n) is 7.49. The highest BCUT2D eigenvalue weighted by molar-refractivity contribution is 6.05. The Bertz CT molecular complexity index is 920. The summed E-state index contributed by atoms with van der Waals surface area (Å²) in [6, 6.07) is 10.5. The Kier molecular flexibility index (Phi) is 4.66. The molecule has 3 nitrogen and oxygen atoms in total. The molecule has 2 aromatic rings. The van der Waals surface area contributed by atoms with E-state index in [1.54, 1.807) is 14.2 Å². The van der Waals surface area contributed by atoms with Crippen molar-refractivity contribution < 1.29 is 14.0 Å². The van der Waals surface area contributed by atoms with Crippen molar-refractivity contribution in [3.8, 4) is 11.5 Å². The Morgan fingerprint density at radius 2 is 1.62 bits per heavy atom. The number of hydrogen-bond donors (Lipinski definition) is 0. The lowest BCUT2D eigenvalue weighted by Crippen LogP contribution is -2.27. The normalized spacial score (nSPS) is 15.5. The molecule has 1 aliphatic heterocycles. The molecule has 0 saturated carbocycles. The van der Waals surface area contributed by atoms with Gasteiger partial charge in [-0.2, -0.15) is 4.58 Å². The van der Waals surface area contributed by atoms with Gasteiger partial charge in [0.1, 0.15) is 7.05 Å². The average Bonchev–Trinajstić information content (AvgIpc) is 2.78. The van der Waals surface area contributed by atoms with Crippen LogP contribution in [0.2, 0.25) is 0 Å². The summed E-state index contributed by atoms with van der Waals surface area (Å²) in [5.41, 5.74) is 7.71. The highest BCUT2D eigenvalue weighted by Gasteiger charge is 2.44. The van der Waals surface area contributed by atoms with Crippen LogP contribution in [0.25, 0.3) is 6.08 Å². The van der Waals surface area contributed by atoms with Gasteiger partial charge < -0.3 is 9.47 Å². The van der Waals surface area contributed by atoms with Gasteiger partial charge >= 0.3 is 0 Å². The zero-order chi connectivity index (χ0) is 19.1. The van der Waals surface area contributed by atoms with Crippen molar-refractivity contribution in [1.82, 2.24) is 0 Å². The molecule has 0 amide bonds. The minimum atomic E-state index is -0.0328. The van der Waals surface area contributed by atoms with Crippen molar-refractivity contribution in [1.29, 1.82) is 0 Å². The van der Waals surface area contributed by atoms with E-state index >= 15 is 0 Å². The van der Waals surface area contributed by atoms with Crippen molar-refractivity contribution in [3.63, 3.8) is 0 Å². The van der Waals surface area contributed by atoms with Gasteiger partial charge in [0, 0.05) is 17.7 Å². The Morgan fingerprint density at radius 1 is 0.923 bits per heavy atom. The van der Waals surface area contributed by atoms with Gasteiger partial charge in [0.15, 0.2) is 17.2 Å². The lowest BCUT2D eigenvalue weighted by Gasteiger charge is -2.18. The molecule has 0 aliphatic carbocycles. The van der Waals surface area contributed by atoms with E-state index in [4.69, 9.17) is 9.47 Å². The summed E-state index contributed by atoms with van der Waals surface area (Å²) in [4.78, 5) is 0.